The molecule has 0 aliphatic heterocycles. The van der Waals surface area contributed by atoms with Gasteiger partial charge in [-0.2, -0.15) is 12.6 Å². The third-order valence-electron chi connectivity index (χ3n) is 4.05. The van der Waals surface area contributed by atoms with Gasteiger partial charge in [0.25, 0.3) is 0 Å². The minimum absolute atomic E-state index is 0.202. The number of ether oxygens (including phenoxy) is 3. The smallest absolute Gasteiger partial charge is 0.0488 e. The summed E-state index contributed by atoms with van der Waals surface area (Å²) in [5.74, 6) is 1.03. The molecule has 0 spiro atoms. The van der Waals surface area contributed by atoms with E-state index >= 15 is 0 Å². The van der Waals surface area contributed by atoms with Gasteiger partial charge in [0.15, 0.2) is 0 Å². The fraction of sp³-hybridized carbons (Fsp3) is 1.00. The summed E-state index contributed by atoms with van der Waals surface area (Å²) >= 11 is 4.23. The maximum Gasteiger partial charge on any atom is 0.0488 e. The van der Waals surface area contributed by atoms with Gasteiger partial charge in [0.1, 0.15) is 0 Å². The number of aliphatic hydroxyl groups excluding tert-OH is 1. The Hall–Kier alpha value is 0.190. The molecule has 0 fully saturated rings. The molecule has 0 aromatic carbocycles. The van der Waals surface area contributed by atoms with E-state index in [9.17, 15) is 0 Å². The molecule has 0 radical (unpaired) electrons. The topological polar surface area (TPSA) is 47.9 Å². The fourth-order valence-electron chi connectivity index (χ4n) is 2.55. The SMILES string of the molecule is OCCCOCCCOCCCOCCCCCCCCCCCS. The molecular formula is C20H42O4S. The normalized spacial score (nSPS) is 11.3. The standard InChI is InChI=1S/C20H42O4S/c21-13-10-15-23-17-12-19-24-18-11-16-22-14-8-6-4-2-1-3-5-7-9-20-25/h21,25H,1-20H2. The fourth-order valence-corrected chi connectivity index (χ4v) is 2.78. The highest BCUT2D eigenvalue weighted by atomic mass is 32.1. The van der Waals surface area contributed by atoms with Crippen LogP contribution in [-0.4, -0.2) is 57.1 Å². The number of unbranched alkanes of at least 4 members (excludes halogenated alkanes) is 8. The van der Waals surface area contributed by atoms with Gasteiger partial charge in [-0.15, -0.1) is 0 Å². The Morgan fingerprint density at radius 2 is 0.800 bits per heavy atom. The zero-order chi connectivity index (χ0) is 18.3. The lowest BCUT2D eigenvalue weighted by Crippen LogP contribution is -2.06. The van der Waals surface area contributed by atoms with Crippen LogP contribution < -0.4 is 0 Å². The summed E-state index contributed by atoms with van der Waals surface area (Å²) in [7, 11) is 0. The van der Waals surface area contributed by atoms with E-state index in [-0.39, 0.29) is 6.61 Å². The second kappa shape index (κ2) is 24.2. The van der Waals surface area contributed by atoms with Crippen molar-refractivity contribution in [1.29, 1.82) is 0 Å². The monoisotopic (exact) mass is 378 g/mol. The first-order chi connectivity index (χ1) is 12.4. The summed E-state index contributed by atoms with van der Waals surface area (Å²) in [5.41, 5.74) is 0. The van der Waals surface area contributed by atoms with Crippen molar-refractivity contribution in [2.24, 2.45) is 0 Å². The van der Waals surface area contributed by atoms with E-state index in [1.54, 1.807) is 0 Å². The van der Waals surface area contributed by atoms with Crippen LogP contribution in [0, 0.1) is 0 Å². The Morgan fingerprint density at radius 1 is 0.440 bits per heavy atom. The lowest BCUT2D eigenvalue weighted by Gasteiger charge is -2.06. The van der Waals surface area contributed by atoms with E-state index in [0.717, 1.165) is 51.4 Å². The summed E-state index contributed by atoms with van der Waals surface area (Å²) < 4.78 is 16.5. The van der Waals surface area contributed by atoms with Crippen molar-refractivity contribution >= 4 is 12.6 Å². The summed E-state index contributed by atoms with van der Waals surface area (Å²) in [6, 6.07) is 0. The largest absolute Gasteiger partial charge is 0.396 e. The molecule has 0 aliphatic carbocycles. The van der Waals surface area contributed by atoms with E-state index in [1.807, 2.05) is 0 Å². The maximum atomic E-state index is 8.61. The van der Waals surface area contributed by atoms with Crippen LogP contribution in [0.15, 0.2) is 0 Å². The zero-order valence-electron chi connectivity index (χ0n) is 16.3. The molecule has 25 heavy (non-hydrogen) atoms. The van der Waals surface area contributed by atoms with Gasteiger partial charge in [-0.1, -0.05) is 44.9 Å². The van der Waals surface area contributed by atoms with Gasteiger partial charge < -0.3 is 19.3 Å². The molecule has 0 unspecified atom stereocenters. The molecule has 0 saturated heterocycles. The lowest BCUT2D eigenvalue weighted by molar-refractivity contribution is 0.0597. The number of hydrogen-bond acceptors (Lipinski definition) is 5. The van der Waals surface area contributed by atoms with Crippen LogP contribution in [0.5, 0.6) is 0 Å². The van der Waals surface area contributed by atoms with Crippen LogP contribution in [0.3, 0.4) is 0 Å². The molecule has 0 saturated carbocycles. The molecule has 0 aromatic heterocycles. The number of hydrogen-bond donors (Lipinski definition) is 2. The maximum absolute atomic E-state index is 8.61. The second-order valence-electron chi connectivity index (χ2n) is 6.53. The van der Waals surface area contributed by atoms with Gasteiger partial charge >= 0.3 is 0 Å². The van der Waals surface area contributed by atoms with E-state index in [1.165, 1.54) is 57.8 Å². The van der Waals surface area contributed by atoms with E-state index in [4.69, 9.17) is 19.3 Å². The quantitative estimate of drug-likeness (QED) is 0.213. The van der Waals surface area contributed by atoms with Crippen LogP contribution in [0.4, 0.5) is 0 Å². The molecule has 0 rings (SSSR count). The molecule has 152 valence electrons. The third-order valence-corrected chi connectivity index (χ3v) is 4.36. The summed E-state index contributed by atoms with van der Waals surface area (Å²) in [5, 5.41) is 8.61. The van der Waals surface area contributed by atoms with Crippen molar-refractivity contribution in [3.63, 3.8) is 0 Å². The Labute approximate surface area is 161 Å². The van der Waals surface area contributed by atoms with Crippen molar-refractivity contribution in [2.75, 3.05) is 52.0 Å². The second-order valence-corrected chi connectivity index (χ2v) is 6.97. The van der Waals surface area contributed by atoms with E-state index < -0.39 is 0 Å². The zero-order valence-corrected chi connectivity index (χ0v) is 17.2. The summed E-state index contributed by atoms with van der Waals surface area (Å²) in [4.78, 5) is 0. The first kappa shape index (κ1) is 25.2. The Kier molecular flexibility index (Phi) is 24.4. The van der Waals surface area contributed by atoms with Gasteiger partial charge in [0.05, 0.1) is 0 Å². The molecule has 0 aliphatic rings. The number of rotatable bonds is 22. The van der Waals surface area contributed by atoms with Crippen LogP contribution in [-0.2, 0) is 14.2 Å². The first-order valence-corrected chi connectivity index (χ1v) is 11.0. The van der Waals surface area contributed by atoms with Crippen molar-refractivity contribution < 1.29 is 19.3 Å². The average Bonchev–Trinajstić information content (AvgIpc) is 2.63. The number of aliphatic hydroxyl groups is 1. The van der Waals surface area contributed by atoms with Crippen molar-refractivity contribution in [3.8, 4) is 0 Å². The third kappa shape index (κ3) is 24.2. The highest BCUT2D eigenvalue weighted by molar-refractivity contribution is 7.80. The van der Waals surface area contributed by atoms with Crippen molar-refractivity contribution in [1.82, 2.24) is 0 Å². The summed E-state index contributed by atoms with van der Waals surface area (Å²) in [6.07, 6.45) is 14.6. The van der Waals surface area contributed by atoms with Crippen LogP contribution in [0.25, 0.3) is 0 Å². The number of thiol groups is 1. The molecule has 5 heteroatoms. The minimum atomic E-state index is 0.202. The molecular weight excluding hydrogens is 336 g/mol. The molecule has 4 nitrogen and oxygen atoms in total. The first-order valence-electron chi connectivity index (χ1n) is 10.4. The molecule has 0 amide bonds. The lowest BCUT2D eigenvalue weighted by atomic mass is 10.1. The van der Waals surface area contributed by atoms with E-state index in [2.05, 4.69) is 12.6 Å². The van der Waals surface area contributed by atoms with E-state index in [0.29, 0.717) is 13.2 Å². The molecule has 0 bridgehead atoms. The van der Waals surface area contributed by atoms with Crippen molar-refractivity contribution in [2.45, 2.75) is 77.0 Å². The highest BCUT2D eigenvalue weighted by Gasteiger charge is 1.95. The van der Waals surface area contributed by atoms with Gasteiger partial charge in [0, 0.05) is 46.2 Å². The molecule has 1 N–H and O–H groups in total. The van der Waals surface area contributed by atoms with Crippen LogP contribution in [0.2, 0.25) is 0 Å². The van der Waals surface area contributed by atoms with Gasteiger partial charge in [-0.05, 0) is 37.9 Å². The minimum Gasteiger partial charge on any atom is -0.396 e. The highest BCUT2D eigenvalue weighted by Crippen LogP contribution is 2.10. The Bertz CT molecular complexity index is 208. The van der Waals surface area contributed by atoms with Crippen LogP contribution >= 0.6 is 12.6 Å². The van der Waals surface area contributed by atoms with Gasteiger partial charge in [-0.25, -0.2) is 0 Å². The molecule has 0 heterocycles. The predicted molar refractivity (Wildman–Crippen MR) is 109 cm³/mol. The average molecular weight is 379 g/mol. The van der Waals surface area contributed by atoms with Crippen LogP contribution in [0.1, 0.15) is 77.0 Å². The Balaban J connectivity index is 2.94. The van der Waals surface area contributed by atoms with Gasteiger partial charge in [0.2, 0.25) is 0 Å². The molecule has 0 aromatic rings. The predicted octanol–water partition coefficient (Wildman–Crippen LogP) is 4.64. The van der Waals surface area contributed by atoms with Crippen molar-refractivity contribution in [3.05, 3.63) is 0 Å². The molecule has 0 atom stereocenters. The summed E-state index contributed by atoms with van der Waals surface area (Å²) in [6.45, 7) is 4.76. The van der Waals surface area contributed by atoms with Gasteiger partial charge in [-0.3, -0.25) is 0 Å². The Morgan fingerprint density at radius 3 is 1.24 bits per heavy atom.